The van der Waals surface area contributed by atoms with Crippen LogP contribution in [-0.2, 0) is 16.1 Å². The first-order valence-electron chi connectivity index (χ1n) is 10.5. The minimum Gasteiger partial charge on any atom is -0.461 e. The van der Waals surface area contributed by atoms with Crippen molar-refractivity contribution in [3.05, 3.63) is 72.7 Å². The Morgan fingerprint density at radius 3 is 2.55 bits per heavy atom. The van der Waals surface area contributed by atoms with Crippen molar-refractivity contribution in [1.29, 1.82) is 0 Å². The van der Waals surface area contributed by atoms with E-state index in [4.69, 9.17) is 26.2 Å². The number of nitrogens with one attached hydrogen (secondary N) is 1. The van der Waals surface area contributed by atoms with E-state index in [1.54, 1.807) is 12.4 Å². The molecule has 0 aliphatic carbocycles. The molecule has 170 valence electrons. The number of nitrogen functional groups attached to an aromatic ring is 1. The maximum absolute atomic E-state index is 11.1. The van der Waals surface area contributed by atoms with Crippen molar-refractivity contribution in [2.45, 2.75) is 27.4 Å². The Bertz CT molecular complexity index is 1260. The molecule has 0 bridgehead atoms. The lowest BCUT2D eigenvalue weighted by Gasteiger charge is -2.11. The first-order chi connectivity index (χ1) is 16.1. The second-order valence-corrected chi connectivity index (χ2v) is 6.70. The Morgan fingerprint density at radius 2 is 1.88 bits per heavy atom. The lowest BCUT2D eigenvalue weighted by Crippen LogP contribution is -2.03. The van der Waals surface area contributed by atoms with E-state index in [-0.39, 0.29) is 12.6 Å². The van der Waals surface area contributed by atoms with Gasteiger partial charge in [-0.15, -0.1) is 0 Å². The molecule has 0 aliphatic heterocycles. The lowest BCUT2D eigenvalue weighted by molar-refractivity contribution is -0.142. The number of benzene rings is 1. The molecule has 0 saturated carbocycles. The summed E-state index contributed by atoms with van der Waals surface area (Å²) in [6.07, 6.45) is 4.63. The molecular formula is C24H27N7O2. The number of esters is 1. The molecule has 5 N–H and O–H groups in total. The van der Waals surface area contributed by atoms with Gasteiger partial charge < -0.3 is 21.5 Å². The van der Waals surface area contributed by atoms with E-state index in [9.17, 15) is 4.79 Å². The van der Waals surface area contributed by atoms with Crippen molar-refractivity contribution in [1.82, 2.24) is 19.5 Å². The van der Waals surface area contributed by atoms with Gasteiger partial charge in [0.15, 0.2) is 11.5 Å². The lowest BCUT2D eigenvalue weighted by atomic mass is 10.2. The largest absolute Gasteiger partial charge is 0.461 e. The number of anilines is 2. The second-order valence-electron chi connectivity index (χ2n) is 6.70. The zero-order valence-electron chi connectivity index (χ0n) is 18.8. The fraction of sp³-hybridized carbons (Fsp3) is 0.167. The maximum atomic E-state index is 11.1. The summed E-state index contributed by atoms with van der Waals surface area (Å²) in [5.74, 6) is 1.28. The van der Waals surface area contributed by atoms with Crippen LogP contribution in [0.5, 0.6) is 0 Å². The van der Waals surface area contributed by atoms with Gasteiger partial charge in [0.2, 0.25) is 0 Å². The second kappa shape index (κ2) is 10.8. The number of ether oxygens (including phenoxy) is 1. The fourth-order valence-electron chi connectivity index (χ4n) is 3.13. The first kappa shape index (κ1) is 23.3. The number of carbonyl (C=O) groups is 1. The monoisotopic (exact) mass is 445 g/mol. The van der Waals surface area contributed by atoms with Crippen LogP contribution in [0.2, 0.25) is 0 Å². The van der Waals surface area contributed by atoms with Crippen molar-refractivity contribution in [2.24, 2.45) is 5.73 Å². The summed E-state index contributed by atoms with van der Waals surface area (Å²) in [5, 5.41) is 3.02. The van der Waals surface area contributed by atoms with Gasteiger partial charge in [-0.2, -0.15) is 0 Å². The Balaban J connectivity index is 0.00000149. The number of nitrogens with zero attached hydrogens (tertiary/aromatic N) is 4. The van der Waals surface area contributed by atoms with Crippen molar-refractivity contribution < 1.29 is 9.53 Å². The zero-order chi connectivity index (χ0) is 23.8. The molecule has 0 saturated heterocycles. The van der Waals surface area contributed by atoms with Crippen LogP contribution >= 0.6 is 0 Å². The van der Waals surface area contributed by atoms with Crippen LogP contribution in [0.25, 0.3) is 28.2 Å². The van der Waals surface area contributed by atoms with Gasteiger partial charge in [-0.3, -0.25) is 9.36 Å². The highest BCUT2D eigenvalue weighted by Gasteiger charge is 2.18. The van der Waals surface area contributed by atoms with Gasteiger partial charge in [-0.1, -0.05) is 26.0 Å². The van der Waals surface area contributed by atoms with Crippen LogP contribution in [0.4, 0.5) is 11.6 Å². The fourth-order valence-corrected chi connectivity index (χ4v) is 3.13. The summed E-state index contributed by atoms with van der Waals surface area (Å²) in [7, 11) is 0. The van der Waals surface area contributed by atoms with Gasteiger partial charge in [0.05, 0.1) is 5.56 Å². The van der Waals surface area contributed by atoms with Gasteiger partial charge in [0, 0.05) is 31.2 Å². The standard InChI is InChI=1S/C22H21N7O2.C2H6/c1-14(30)31-13-15-4-6-16(7-5-15)29-21(17-3-2-11-26-20(17)24)27-18-8-9-19(25-12-10-23)28-22(18)29;1-2/h2-12H,13,23H2,1H3,(H2,24,26)(H,25,28);1-2H3/b12-10-;. The summed E-state index contributed by atoms with van der Waals surface area (Å²) in [5.41, 5.74) is 15.3. The third kappa shape index (κ3) is 5.27. The number of rotatable bonds is 6. The third-order valence-corrected chi connectivity index (χ3v) is 4.55. The molecule has 9 heteroatoms. The first-order valence-corrected chi connectivity index (χ1v) is 10.5. The SMILES string of the molecule is CC.CC(=O)OCc1ccc(-n2c(-c3cccnc3N)nc3ccc(N/C=C\N)nc32)cc1. The average molecular weight is 446 g/mol. The molecule has 1 aromatic carbocycles. The van der Waals surface area contributed by atoms with E-state index in [1.165, 1.54) is 13.1 Å². The van der Waals surface area contributed by atoms with Crippen molar-refractivity contribution in [2.75, 3.05) is 11.1 Å². The molecule has 0 atom stereocenters. The van der Waals surface area contributed by atoms with E-state index in [0.29, 0.717) is 34.2 Å². The molecule has 33 heavy (non-hydrogen) atoms. The molecule has 4 aromatic rings. The predicted octanol–water partition coefficient (Wildman–Crippen LogP) is 4.00. The Morgan fingerprint density at radius 1 is 1.12 bits per heavy atom. The quantitative estimate of drug-likeness (QED) is 0.379. The van der Waals surface area contributed by atoms with E-state index < -0.39 is 0 Å². The van der Waals surface area contributed by atoms with E-state index >= 15 is 0 Å². The van der Waals surface area contributed by atoms with Crippen LogP contribution in [0.15, 0.2) is 67.1 Å². The molecule has 0 unspecified atom stereocenters. The van der Waals surface area contributed by atoms with E-state index in [0.717, 1.165) is 11.3 Å². The van der Waals surface area contributed by atoms with Crippen LogP contribution in [0.3, 0.4) is 0 Å². The van der Waals surface area contributed by atoms with Crippen LogP contribution in [-0.4, -0.2) is 25.5 Å². The highest BCUT2D eigenvalue weighted by Crippen LogP contribution is 2.31. The van der Waals surface area contributed by atoms with Gasteiger partial charge in [0.25, 0.3) is 0 Å². The van der Waals surface area contributed by atoms with Crippen LogP contribution in [0.1, 0.15) is 26.3 Å². The molecule has 4 rings (SSSR count). The Labute approximate surface area is 192 Å². The zero-order valence-corrected chi connectivity index (χ0v) is 18.8. The third-order valence-electron chi connectivity index (χ3n) is 4.55. The van der Waals surface area contributed by atoms with Gasteiger partial charge >= 0.3 is 5.97 Å². The van der Waals surface area contributed by atoms with Gasteiger partial charge in [-0.05, 0) is 42.0 Å². The molecule has 0 radical (unpaired) electrons. The topological polar surface area (TPSA) is 134 Å². The maximum Gasteiger partial charge on any atom is 0.302 e. The molecular weight excluding hydrogens is 418 g/mol. The summed E-state index contributed by atoms with van der Waals surface area (Å²) >= 11 is 0. The number of nitrogens with two attached hydrogens (primary N) is 2. The summed E-state index contributed by atoms with van der Waals surface area (Å²) in [6.45, 7) is 5.59. The molecule has 3 heterocycles. The van der Waals surface area contributed by atoms with E-state index in [1.807, 2.05) is 66.9 Å². The molecule has 0 aliphatic rings. The normalized spacial score (nSPS) is 10.6. The summed E-state index contributed by atoms with van der Waals surface area (Å²) < 4.78 is 6.98. The van der Waals surface area contributed by atoms with Crippen molar-refractivity contribution in [3.8, 4) is 17.1 Å². The number of fused-ring (bicyclic) bond motifs is 1. The smallest absolute Gasteiger partial charge is 0.302 e. The number of pyridine rings is 2. The molecule has 0 spiro atoms. The van der Waals surface area contributed by atoms with Gasteiger partial charge in [0.1, 0.15) is 23.8 Å². The van der Waals surface area contributed by atoms with Crippen molar-refractivity contribution >= 4 is 28.8 Å². The predicted molar refractivity (Wildman–Crippen MR) is 130 cm³/mol. The number of hydrogen-bond acceptors (Lipinski definition) is 8. The van der Waals surface area contributed by atoms with E-state index in [2.05, 4.69) is 10.3 Å². The van der Waals surface area contributed by atoms with Crippen LogP contribution in [0, 0.1) is 0 Å². The Kier molecular flexibility index (Phi) is 7.59. The van der Waals surface area contributed by atoms with Gasteiger partial charge in [-0.25, -0.2) is 15.0 Å². The Hall–Kier alpha value is -4.40. The molecule has 9 nitrogen and oxygen atoms in total. The number of carbonyl (C=O) groups excluding carboxylic acids is 1. The molecule has 0 amide bonds. The van der Waals surface area contributed by atoms with Crippen molar-refractivity contribution in [3.63, 3.8) is 0 Å². The minimum absolute atomic E-state index is 0.209. The molecule has 3 aromatic heterocycles. The minimum atomic E-state index is -0.324. The average Bonchev–Trinajstić information content (AvgIpc) is 3.21. The highest BCUT2D eigenvalue weighted by atomic mass is 16.5. The number of aromatic nitrogens is 4. The number of hydrogen-bond donors (Lipinski definition) is 3. The summed E-state index contributed by atoms with van der Waals surface area (Å²) in [6, 6.07) is 15.0. The molecule has 0 fully saturated rings. The number of imidazole rings is 1. The highest BCUT2D eigenvalue weighted by molar-refractivity contribution is 5.83. The van der Waals surface area contributed by atoms with Crippen LogP contribution < -0.4 is 16.8 Å². The summed E-state index contributed by atoms with van der Waals surface area (Å²) in [4.78, 5) is 24.7.